The molecule has 1 saturated carbocycles. The van der Waals surface area contributed by atoms with Crippen molar-refractivity contribution in [2.75, 3.05) is 17.6 Å². The Bertz CT molecular complexity index is 427. The molecule has 2 rings (SSSR count). The number of nitrogens with one attached hydrogen (secondary N) is 1. The van der Waals surface area contributed by atoms with Crippen molar-refractivity contribution < 1.29 is 0 Å². The quantitative estimate of drug-likeness (QED) is 0.825. The van der Waals surface area contributed by atoms with Crippen molar-refractivity contribution in [2.45, 2.75) is 46.0 Å². The van der Waals surface area contributed by atoms with Crippen LogP contribution >= 0.6 is 11.6 Å². The van der Waals surface area contributed by atoms with E-state index in [9.17, 15) is 0 Å². The third kappa shape index (κ3) is 3.05. The van der Waals surface area contributed by atoms with Crippen LogP contribution in [0, 0.1) is 12.3 Å². The maximum Gasteiger partial charge on any atom is 0.224 e. The van der Waals surface area contributed by atoms with Crippen molar-refractivity contribution in [3.05, 3.63) is 11.0 Å². The van der Waals surface area contributed by atoms with Crippen LogP contribution in [0.1, 0.15) is 44.7 Å². The summed E-state index contributed by atoms with van der Waals surface area (Å²) in [5.74, 6) is 0.666. The molecule has 1 aliphatic carbocycles. The molecule has 0 radical (unpaired) electrons. The highest BCUT2D eigenvalue weighted by atomic mass is 35.5. The highest BCUT2D eigenvalue weighted by Crippen LogP contribution is 2.36. The fourth-order valence-electron chi connectivity index (χ4n) is 2.56. The van der Waals surface area contributed by atoms with Crippen LogP contribution in [0.3, 0.4) is 0 Å². The first-order chi connectivity index (χ1) is 8.50. The largest absolute Gasteiger partial charge is 0.394 e. The maximum atomic E-state index is 5.96. The Labute approximate surface area is 113 Å². The van der Waals surface area contributed by atoms with Crippen molar-refractivity contribution in [3.8, 4) is 0 Å². The first-order valence-corrected chi connectivity index (χ1v) is 6.91. The highest BCUT2D eigenvalue weighted by molar-refractivity contribution is 6.28. The first kappa shape index (κ1) is 13.4. The Balaban J connectivity index is 2.05. The highest BCUT2D eigenvalue weighted by Gasteiger charge is 2.26. The van der Waals surface area contributed by atoms with E-state index >= 15 is 0 Å². The van der Waals surface area contributed by atoms with Crippen molar-refractivity contribution in [1.82, 2.24) is 9.97 Å². The fourth-order valence-corrected chi connectivity index (χ4v) is 2.77. The SMILES string of the molecule is Cc1nc(Cl)nc(NCC2(C)CCCCC2)c1N. The zero-order chi connectivity index (χ0) is 13.2. The van der Waals surface area contributed by atoms with Gasteiger partial charge in [-0.15, -0.1) is 0 Å². The third-order valence-electron chi connectivity index (χ3n) is 3.85. The number of rotatable bonds is 3. The van der Waals surface area contributed by atoms with Gasteiger partial charge in [-0.25, -0.2) is 4.98 Å². The number of halogens is 1. The molecule has 100 valence electrons. The second kappa shape index (κ2) is 5.31. The van der Waals surface area contributed by atoms with Gasteiger partial charge in [-0.3, -0.25) is 0 Å². The van der Waals surface area contributed by atoms with E-state index in [0.717, 1.165) is 12.2 Å². The Kier molecular flexibility index (Phi) is 3.95. The van der Waals surface area contributed by atoms with Crippen molar-refractivity contribution in [3.63, 3.8) is 0 Å². The summed E-state index contributed by atoms with van der Waals surface area (Å²) in [5, 5.41) is 3.59. The maximum absolute atomic E-state index is 5.96. The van der Waals surface area contributed by atoms with Crippen LogP contribution in [0.25, 0.3) is 0 Å². The Hall–Kier alpha value is -1.03. The van der Waals surface area contributed by atoms with Crippen molar-refractivity contribution in [2.24, 2.45) is 5.41 Å². The van der Waals surface area contributed by atoms with Crippen LogP contribution in [0.15, 0.2) is 0 Å². The van der Waals surface area contributed by atoms with Crippen LogP contribution in [-0.4, -0.2) is 16.5 Å². The summed E-state index contributed by atoms with van der Waals surface area (Å²) in [5.41, 5.74) is 7.63. The van der Waals surface area contributed by atoms with Gasteiger partial charge in [0.15, 0.2) is 5.82 Å². The van der Waals surface area contributed by atoms with Crippen LogP contribution in [-0.2, 0) is 0 Å². The molecule has 1 fully saturated rings. The molecule has 18 heavy (non-hydrogen) atoms. The van der Waals surface area contributed by atoms with E-state index in [1.165, 1.54) is 32.1 Å². The second-order valence-electron chi connectivity index (χ2n) is 5.57. The van der Waals surface area contributed by atoms with E-state index in [4.69, 9.17) is 17.3 Å². The Morgan fingerprint density at radius 1 is 1.28 bits per heavy atom. The van der Waals surface area contributed by atoms with Gasteiger partial charge in [0, 0.05) is 6.54 Å². The number of nitrogen functional groups attached to an aromatic ring is 1. The van der Waals surface area contributed by atoms with Gasteiger partial charge < -0.3 is 11.1 Å². The molecule has 3 N–H and O–H groups in total. The number of hydrogen-bond donors (Lipinski definition) is 2. The van der Waals surface area contributed by atoms with Crippen molar-refractivity contribution in [1.29, 1.82) is 0 Å². The summed E-state index contributed by atoms with van der Waals surface area (Å²) in [6.07, 6.45) is 6.51. The fraction of sp³-hybridized carbons (Fsp3) is 0.692. The molecular formula is C13H21ClN4. The molecule has 1 heterocycles. The van der Waals surface area contributed by atoms with Gasteiger partial charge in [-0.1, -0.05) is 26.2 Å². The van der Waals surface area contributed by atoms with E-state index in [1.54, 1.807) is 0 Å². The summed E-state index contributed by atoms with van der Waals surface area (Å²) in [6.45, 7) is 5.06. The van der Waals surface area contributed by atoms with E-state index in [-0.39, 0.29) is 5.28 Å². The molecule has 0 aromatic carbocycles. The summed E-state index contributed by atoms with van der Waals surface area (Å²) in [4.78, 5) is 8.20. The minimum absolute atomic E-state index is 0.248. The molecule has 0 bridgehead atoms. The zero-order valence-electron chi connectivity index (χ0n) is 11.1. The molecule has 5 heteroatoms. The summed E-state index contributed by atoms with van der Waals surface area (Å²) < 4.78 is 0. The Morgan fingerprint density at radius 3 is 2.61 bits per heavy atom. The summed E-state index contributed by atoms with van der Waals surface area (Å²) >= 11 is 5.86. The number of hydrogen-bond acceptors (Lipinski definition) is 4. The molecule has 0 spiro atoms. The van der Waals surface area contributed by atoms with E-state index in [1.807, 2.05) is 6.92 Å². The van der Waals surface area contributed by atoms with Gasteiger partial charge in [0.05, 0.1) is 11.4 Å². The molecule has 1 aromatic heterocycles. The van der Waals surface area contributed by atoms with Gasteiger partial charge in [-0.2, -0.15) is 4.98 Å². The number of aromatic nitrogens is 2. The number of aryl methyl sites for hydroxylation is 1. The molecule has 1 aromatic rings. The molecule has 1 aliphatic rings. The lowest BCUT2D eigenvalue weighted by Gasteiger charge is -2.34. The average molecular weight is 269 g/mol. The average Bonchev–Trinajstić information content (AvgIpc) is 2.33. The van der Waals surface area contributed by atoms with E-state index in [2.05, 4.69) is 22.2 Å². The monoisotopic (exact) mass is 268 g/mol. The van der Waals surface area contributed by atoms with Gasteiger partial charge in [0.1, 0.15) is 0 Å². The smallest absolute Gasteiger partial charge is 0.224 e. The van der Waals surface area contributed by atoms with E-state index in [0.29, 0.717) is 16.9 Å². The minimum atomic E-state index is 0.248. The van der Waals surface area contributed by atoms with Crippen LogP contribution in [0.5, 0.6) is 0 Å². The summed E-state index contributed by atoms with van der Waals surface area (Å²) in [7, 11) is 0. The first-order valence-electron chi connectivity index (χ1n) is 6.54. The van der Waals surface area contributed by atoms with Crippen LogP contribution in [0.2, 0.25) is 5.28 Å². The van der Waals surface area contributed by atoms with Crippen LogP contribution in [0.4, 0.5) is 11.5 Å². The predicted molar refractivity (Wildman–Crippen MR) is 75.9 cm³/mol. The van der Waals surface area contributed by atoms with Crippen molar-refractivity contribution >= 4 is 23.1 Å². The Morgan fingerprint density at radius 2 is 1.94 bits per heavy atom. The zero-order valence-corrected chi connectivity index (χ0v) is 11.8. The van der Waals surface area contributed by atoms with Gasteiger partial charge >= 0.3 is 0 Å². The standard InChI is InChI=1S/C13H21ClN4/c1-9-10(15)11(18-12(14)17-9)16-8-13(2)6-4-3-5-7-13/h3-8,15H2,1-2H3,(H,16,17,18). The molecule has 0 amide bonds. The lowest BCUT2D eigenvalue weighted by Crippen LogP contribution is -2.29. The van der Waals surface area contributed by atoms with Crippen LogP contribution < -0.4 is 11.1 Å². The molecule has 4 nitrogen and oxygen atoms in total. The summed E-state index contributed by atoms with van der Waals surface area (Å²) in [6, 6.07) is 0. The predicted octanol–water partition coefficient (Wildman–Crippen LogP) is 3.40. The lowest BCUT2D eigenvalue weighted by molar-refractivity contribution is 0.233. The molecular weight excluding hydrogens is 248 g/mol. The van der Waals surface area contributed by atoms with Gasteiger partial charge in [-0.05, 0) is 36.8 Å². The lowest BCUT2D eigenvalue weighted by atomic mass is 9.76. The van der Waals surface area contributed by atoms with E-state index < -0.39 is 0 Å². The number of anilines is 2. The second-order valence-corrected chi connectivity index (χ2v) is 5.90. The van der Waals surface area contributed by atoms with Gasteiger partial charge in [0.25, 0.3) is 0 Å². The topological polar surface area (TPSA) is 63.8 Å². The minimum Gasteiger partial charge on any atom is -0.394 e. The van der Waals surface area contributed by atoms with Gasteiger partial charge in [0.2, 0.25) is 5.28 Å². The molecule has 0 unspecified atom stereocenters. The molecule has 0 aliphatic heterocycles. The molecule has 0 atom stereocenters. The normalized spacial score (nSPS) is 18.6. The number of nitrogens with zero attached hydrogens (tertiary/aromatic N) is 2. The number of nitrogens with two attached hydrogens (primary N) is 1. The third-order valence-corrected chi connectivity index (χ3v) is 4.02. The molecule has 0 saturated heterocycles.